The van der Waals surface area contributed by atoms with E-state index in [9.17, 15) is 4.39 Å². The fraction of sp³-hybridized carbons (Fsp3) is 0.650. The molecular formula is C20H32ClFIN3O. The second kappa shape index (κ2) is 11.4. The predicted octanol–water partition coefficient (Wildman–Crippen LogP) is 4.84. The van der Waals surface area contributed by atoms with Gasteiger partial charge in [0.1, 0.15) is 5.82 Å². The van der Waals surface area contributed by atoms with Gasteiger partial charge in [0.15, 0.2) is 5.96 Å². The summed E-state index contributed by atoms with van der Waals surface area (Å²) in [7, 11) is 0. The van der Waals surface area contributed by atoms with Gasteiger partial charge in [0.2, 0.25) is 0 Å². The van der Waals surface area contributed by atoms with Crippen molar-refractivity contribution in [1.82, 2.24) is 10.2 Å². The number of rotatable bonds is 6. The zero-order chi connectivity index (χ0) is 19.2. The molecule has 0 saturated carbocycles. The number of likely N-dealkylation sites (tertiary alicyclic amines) is 1. The SMILES string of the molecule is CCNC(=NCC(C)(C)c1ccc(F)cc1Cl)N1CCC(OCC)CC1.I. The van der Waals surface area contributed by atoms with Crippen LogP contribution in [0.4, 0.5) is 4.39 Å². The average molecular weight is 512 g/mol. The third kappa shape index (κ3) is 7.06. The predicted molar refractivity (Wildman–Crippen MR) is 122 cm³/mol. The van der Waals surface area contributed by atoms with Crippen molar-refractivity contribution in [3.05, 3.63) is 34.6 Å². The van der Waals surface area contributed by atoms with Gasteiger partial charge in [-0.1, -0.05) is 31.5 Å². The molecule has 2 rings (SSSR count). The Balaban J connectivity index is 0.00000364. The number of hydrogen-bond donors (Lipinski definition) is 1. The van der Waals surface area contributed by atoms with Crippen molar-refractivity contribution in [3.63, 3.8) is 0 Å². The highest BCUT2D eigenvalue weighted by atomic mass is 127. The van der Waals surface area contributed by atoms with Gasteiger partial charge in [-0.25, -0.2) is 4.39 Å². The largest absolute Gasteiger partial charge is 0.378 e. The lowest BCUT2D eigenvalue weighted by molar-refractivity contribution is 0.0263. The zero-order valence-corrected chi connectivity index (χ0v) is 19.8. The molecule has 1 fully saturated rings. The van der Waals surface area contributed by atoms with Gasteiger partial charge in [-0.2, -0.15) is 0 Å². The summed E-state index contributed by atoms with van der Waals surface area (Å²) >= 11 is 6.26. The van der Waals surface area contributed by atoms with Crippen molar-refractivity contribution in [1.29, 1.82) is 0 Å². The van der Waals surface area contributed by atoms with Crippen LogP contribution in [0.5, 0.6) is 0 Å². The van der Waals surface area contributed by atoms with Crippen molar-refractivity contribution in [3.8, 4) is 0 Å². The van der Waals surface area contributed by atoms with E-state index in [0.29, 0.717) is 17.7 Å². The number of benzene rings is 1. The summed E-state index contributed by atoms with van der Waals surface area (Å²) in [6, 6.07) is 4.58. The first-order valence-electron chi connectivity index (χ1n) is 9.47. The number of halogens is 3. The molecule has 4 nitrogen and oxygen atoms in total. The molecule has 1 aliphatic rings. The van der Waals surface area contributed by atoms with Gasteiger partial charge in [-0.3, -0.25) is 4.99 Å². The van der Waals surface area contributed by atoms with E-state index >= 15 is 0 Å². The van der Waals surface area contributed by atoms with Crippen molar-refractivity contribution in [2.24, 2.45) is 4.99 Å². The van der Waals surface area contributed by atoms with E-state index in [0.717, 1.165) is 50.6 Å². The molecule has 1 saturated heterocycles. The fourth-order valence-electron chi connectivity index (χ4n) is 3.29. The maximum atomic E-state index is 13.3. The van der Waals surface area contributed by atoms with Crippen molar-refractivity contribution >= 4 is 41.5 Å². The lowest BCUT2D eigenvalue weighted by Gasteiger charge is -2.34. The monoisotopic (exact) mass is 511 g/mol. The summed E-state index contributed by atoms with van der Waals surface area (Å²) < 4.78 is 19.1. The highest BCUT2D eigenvalue weighted by molar-refractivity contribution is 14.0. The lowest BCUT2D eigenvalue weighted by atomic mass is 9.84. The minimum absolute atomic E-state index is 0. The molecule has 1 aromatic carbocycles. The van der Waals surface area contributed by atoms with E-state index in [1.807, 2.05) is 6.92 Å². The fourth-order valence-corrected chi connectivity index (χ4v) is 3.71. The van der Waals surface area contributed by atoms with Crippen molar-refractivity contribution in [2.45, 2.75) is 52.1 Å². The number of hydrogen-bond acceptors (Lipinski definition) is 2. The van der Waals surface area contributed by atoms with Crippen LogP contribution in [0.1, 0.15) is 46.1 Å². The molecular weight excluding hydrogens is 480 g/mol. The van der Waals surface area contributed by atoms with Crippen LogP contribution in [-0.2, 0) is 10.2 Å². The minimum Gasteiger partial charge on any atom is -0.378 e. The molecule has 0 radical (unpaired) electrons. The van der Waals surface area contributed by atoms with Gasteiger partial charge in [0.05, 0.1) is 12.6 Å². The van der Waals surface area contributed by atoms with Gasteiger partial charge >= 0.3 is 0 Å². The first kappa shape index (κ1) is 24.4. The van der Waals surface area contributed by atoms with Gasteiger partial charge in [-0.05, 0) is 44.4 Å². The molecule has 0 amide bonds. The Kier molecular flexibility index (Phi) is 10.3. The Morgan fingerprint density at radius 2 is 2.00 bits per heavy atom. The summed E-state index contributed by atoms with van der Waals surface area (Å²) in [5, 5.41) is 3.84. The van der Waals surface area contributed by atoms with Gasteiger partial charge in [-0.15, -0.1) is 24.0 Å². The number of guanidine groups is 1. The van der Waals surface area contributed by atoms with Crippen molar-refractivity contribution < 1.29 is 9.13 Å². The molecule has 0 atom stereocenters. The molecule has 1 aromatic rings. The number of piperidine rings is 1. The third-order valence-electron chi connectivity index (χ3n) is 4.76. The van der Waals surface area contributed by atoms with E-state index in [1.165, 1.54) is 12.1 Å². The van der Waals surface area contributed by atoms with E-state index in [2.05, 4.69) is 31.0 Å². The molecule has 0 bridgehead atoms. The first-order valence-corrected chi connectivity index (χ1v) is 9.85. The molecule has 1 aliphatic heterocycles. The van der Waals surface area contributed by atoms with Gasteiger partial charge in [0, 0.05) is 36.7 Å². The quantitative estimate of drug-likeness (QED) is 0.337. The highest BCUT2D eigenvalue weighted by Crippen LogP contribution is 2.30. The molecule has 0 aromatic heterocycles. The Morgan fingerprint density at radius 1 is 1.33 bits per heavy atom. The summed E-state index contributed by atoms with van der Waals surface area (Å²) in [5.74, 6) is 0.609. The summed E-state index contributed by atoms with van der Waals surface area (Å²) in [6.45, 7) is 12.3. The second-order valence-electron chi connectivity index (χ2n) is 7.32. The standard InChI is InChI=1S/C20H31ClFN3O.HI/c1-5-23-19(25-11-9-16(10-12-25)26-6-2)24-14-20(3,4)17-8-7-15(22)13-18(17)21;/h7-8,13,16H,5-6,9-12,14H2,1-4H3,(H,23,24);1H. The number of aliphatic imine (C=N–C) groups is 1. The summed E-state index contributed by atoms with van der Waals surface area (Å²) in [6.07, 6.45) is 2.39. The average Bonchev–Trinajstić information content (AvgIpc) is 2.59. The van der Waals surface area contributed by atoms with Crippen LogP contribution < -0.4 is 5.32 Å². The maximum absolute atomic E-state index is 13.3. The van der Waals surface area contributed by atoms with E-state index in [4.69, 9.17) is 21.3 Å². The summed E-state index contributed by atoms with van der Waals surface area (Å²) in [4.78, 5) is 7.15. The van der Waals surface area contributed by atoms with E-state index in [-0.39, 0.29) is 35.2 Å². The van der Waals surface area contributed by atoms with Crippen LogP contribution in [0.25, 0.3) is 0 Å². The topological polar surface area (TPSA) is 36.9 Å². The Bertz CT molecular complexity index is 619. The van der Waals surface area contributed by atoms with Crippen LogP contribution in [0.3, 0.4) is 0 Å². The van der Waals surface area contributed by atoms with Gasteiger partial charge < -0.3 is 15.0 Å². The van der Waals surface area contributed by atoms with E-state index < -0.39 is 0 Å². The number of nitrogens with zero attached hydrogens (tertiary/aromatic N) is 2. The number of ether oxygens (including phenoxy) is 1. The zero-order valence-electron chi connectivity index (χ0n) is 16.7. The molecule has 27 heavy (non-hydrogen) atoms. The Morgan fingerprint density at radius 3 is 2.56 bits per heavy atom. The molecule has 154 valence electrons. The Labute approximate surface area is 184 Å². The molecule has 1 N–H and O–H groups in total. The summed E-state index contributed by atoms with van der Waals surface area (Å²) in [5.41, 5.74) is 0.630. The van der Waals surface area contributed by atoms with Crippen LogP contribution in [0, 0.1) is 5.82 Å². The van der Waals surface area contributed by atoms with Crippen molar-refractivity contribution in [2.75, 3.05) is 32.8 Å². The number of nitrogens with one attached hydrogen (secondary N) is 1. The van der Waals surface area contributed by atoms with Gasteiger partial charge in [0.25, 0.3) is 0 Å². The maximum Gasteiger partial charge on any atom is 0.193 e. The lowest BCUT2D eigenvalue weighted by Crippen LogP contribution is -2.47. The molecule has 0 spiro atoms. The third-order valence-corrected chi connectivity index (χ3v) is 5.08. The second-order valence-corrected chi connectivity index (χ2v) is 7.73. The van der Waals surface area contributed by atoms with Crippen LogP contribution in [-0.4, -0.2) is 49.7 Å². The van der Waals surface area contributed by atoms with Crippen LogP contribution in [0.15, 0.2) is 23.2 Å². The normalized spacial score (nSPS) is 16.2. The smallest absolute Gasteiger partial charge is 0.193 e. The first-order chi connectivity index (χ1) is 12.4. The minimum atomic E-state index is -0.316. The molecule has 0 aliphatic carbocycles. The van der Waals surface area contributed by atoms with E-state index in [1.54, 1.807) is 6.07 Å². The molecule has 1 heterocycles. The Hall–Kier alpha value is -0.600. The molecule has 7 heteroatoms. The molecule has 0 unspecified atom stereocenters. The van der Waals surface area contributed by atoms with Crippen LogP contribution in [0.2, 0.25) is 5.02 Å². The van der Waals surface area contributed by atoms with Crippen LogP contribution >= 0.6 is 35.6 Å². The highest BCUT2D eigenvalue weighted by Gasteiger charge is 2.26.